The standard InChI is InChI=1S/C15H16N6O2S/c1-3-23-14-7-5-4-6-12(14)21-15(18-19-20-21)24-9-13(22)11(8-16)10(2)17/h4-7H,3,9,17H2,1-2H3/b11-10+. The summed E-state index contributed by atoms with van der Waals surface area (Å²) in [4.78, 5) is 12.0. The number of nitrogens with zero attached hydrogens (tertiary/aromatic N) is 5. The Morgan fingerprint density at radius 1 is 1.46 bits per heavy atom. The normalized spacial score (nSPS) is 11.5. The summed E-state index contributed by atoms with van der Waals surface area (Å²) in [6, 6.07) is 9.14. The van der Waals surface area contributed by atoms with Gasteiger partial charge in [0.25, 0.3) is 0 Å². The zero-order valence-electron chi connectivity index (χ0n) is 13.3. The molecule has 0 aliphatic carbocycles. The van der Waals surface area contributed by atoms with Crippen molar-refractivity contribution in [3.63, 3.8) is 0 Å². The number of allylic oxidation sites excluding steroid dienone is 2. The molecule has 9 heteroatoms. The van der Waals surface area contributed by atoms with Crippen molar-refractivity contribution in [2.75, 3.05) is 12.4 Å². The minimum absolute atomic E-state index is 0.00854. The average molecular weight is 344 g/mol. The largest absolute Gasteiger partial charge is 0.492 e. The number of hydrogen-bond acceptors (Lipinski definition) is 8. The molecule has 2 rings (SSSR count). The van der Waals surface area contributed by atoms with Gasteiger partial charge in [-0.25, -0.2) is 0 Å². The summed E-state index contributed by atoms with van der Waals surface area (Å²) in [7, 11) is 0. The highest BCUT2D eigenvalue weighted by atomic mass is 32.2. The molecule has 124 valence electrons. The first-order valence-corrected chi connectivity index (χ1v) is 8.10. The van der Waals surface area contributed by atoms with Crippen LogP contribution in [0.4, 0.5) is 0 Å². The van der Waals surface area contributed by atoms with E-state index in [1.54, 1.807) is 0 Å². The van der Waals surface area contributed by atoms with Crippen molar-refractivity contribution in [1.29, 1.82) is 5.26 Å². The molecule has 0 fully saturated rings. The first-order valence-electron chi connectivity index (χ1n) is 7.11. The van der Waals surface area contributed by atoms with Gasteiger partial charge in [-0.3, -0.25) is 4.79 Å². The van der Waals surface area contributed by atoms with E-state index in [1.165, 1.54) is 11.6 Å². The van der Waals surface area contributed by atoms with Crippen LogP contribution in [0.5, 0.6) is 5.75 Å². The Balaban J connectivity index is 2.22. The van der Waals surface area contributed by atoms with E-state index in [0.717, 1.165) is 11.8 Å². The number of carbonyl (C=O) groups excluding carboxylic acids is 1. The molecule has 0 unspecified atom stereocenters. The smallest absolute Gasteiger partial charge is 0.214 e. The molecule has 0 aliphatic rings. The molecule has 2 N–H and O–H groups in total. The van der Waals surface area contributed by atoms with E-state index in [9.17, 15) is 4.79 Å². The SMILES string of the molecule is CCOc1ccccc1-n1nnnc1SCC(=O)/C(C#N)=C(\C)N. The number of rotatable bonds is 7. The van der Waals surface area contributed by atoms with Crippen LogP contribution >= 0.6 is 11.8 Å². The maximum Gasteiger partial charge on any atom is 0.214 e. The fourth-order valence-corrected chi connectivity index (χ4v) is 2.66. The monoisotopic (exact) mass is 344 g/mol. The zero-order valence-corrected chi connectivity index (χ0v) is 14.1. The summed E-state index contributed by atoms with van der Waals surface area (Å²) in [6.45, 7) is 3.91. The first-order chi connectivity index (χ1) is 11.6. The van der Waals surface area contributed by atoms with Gasteiger partial charge >= 0.3 is 0 Å². The lowest BCUT2D eigenvalue weighted by Gasteiger charge is -2.10. The Morgan fingerprint density at radius 3 is 2.88 bits per heavy atom. The number of nitrogens with two attached hydrogens (primary N) is 1. The minimum Gasteiger partial charge on any atom is -0.492 e. The molecule has 0 saturated heterocycles. The third-order valence-electron chi connectivity index (χ3n) is 2.95. The fourth-order valence-electron chi connectivity index (χ4n) is 1.90. The molecule has 0 atom stereocenters. The predicted molar refractivity (Wildman–Crippen MR) is 88.6 cm³/mol. The molecule has 1 heterocycles. The van der Waals surface area contributed by atoms with E-state index in [2.05, 4.69) is 15.5 Å². The maximum absolute atomic E-state index is 12.0. The number of nitriles is 1. The molecule has 0 spiro atoms. The number of aromatic nitrogens is 4. The lowest BCUT2D eigenvalue weighted by Crippen LogP contribution is -2.11. The van der Waals surface area contributed by atoms with E-state index in [-0.39, 0.29) is 22.8 Å². The highest BCUT2D eigenvalue weighted by Gasteiger charge is 2.17. The van der Waals surface area contributed by atoms with Crippen LogP contribution in [-0.2, 0) is 4.79 Å². The highest BCUT2D eigenvalue weighted by molar-refractivity contribution is 7.99. The van der Waals surface area contributed by atoms with Gasteiger partial charge in [-0.1, -0.05) is 23.9 Å². The van der Waals surface area contributed by atoms with Crippen LogP contribution in [0.15, 0.2) is 40.7 Å². The lowest BCUT2D eigenvalue weighted by molar-refractivity contribution is -0.112. The number of tetrazole rings is 1. The Bertz CT molecular complexity index is 804. The quantitative estimate of drug-likeness (QED) is 0.455. The number of benzene rings is 1. The van der Waals surface area contributed by atoms with Crippen molar-refractivity contribution in [3.8, 4) is 17.5 Å². The fraction of sp³-hybridized carbons (Fsp3) is 0.267. The number of ether oxygens (including phenoxy) is 1. The molecule has 0 bridgehead atoms. The van der Waals surface area contributed by atoms with E-state index in [1.807, 2.05) is 37.3 Å². The molecule has 0 aliphatic heterocycles. The molecule has 24 heavy (non-hydrogen) atoms. The highest BCUT2D eigenvalue weighted by Crippen LogP contribution is 2.26. The van der Waals surface area contributed by atoms with E-state index in [0.29, 0.717) is 23.2 Å². The van der Waals surface area contributed by atoms with Gasteiger partial charge in [-0.2, -0.15) is 9.94 Å². The molecule has 0 radical (unpaired) electrons. The number of para-hydroxylation sites is 2. The van der Waals surface area contributed by atoms with Gasteiger partial charge in [-0.15, -0.1) is 5.10 Å². The zero-order chi connectivity index (χ0) is 17.5. The summed E-state index contributed by atoms with van der Waals surface area (Å²) >= 11 is 1.13. The molecular weight excluding hydrogens is 328 g/mol. The second kappa shape index (κ2) is 8.12. The van der Waals surface area contributed by atoms with Crippen molar-refractivity contribution < 1.29 is 9.53 Å². The van der Waals surface area contributed by atoms with Crippen LogP contribution in [0.3, 0.4) is 0 Å². The van der Waals surface area contributed by atoms with Crippen LogP contribution in [0.2, 0.25) is 0 Å². The number of Topliss-reactive ketones (excluding diaryl/α,β-unsaturated/α-hetero) is 1. The number of hydrogen-bond donors (Lipinski definition) is 1. The van der Waals surface area contributed by atoms with Gasteiger partial charge in [0, 0.05) is 5.70 Å². The van der Waals surface area contributed by atoms with Crippen molar-refractivity contribution in [1.82, 2.24) is 20.2 Å². The summed E-state index contributed by atoms with van der Waals surface area (Å²) in [5, 5.41) is 20.9. The summed E-state index contributed by atoms with van der Waals surface area (Å²) < 4.78 is 7.06. The molecular formula is C15H16N6O2S. The van der Waals surface area contributed by atoms with Crippen LogP contribution < -0.4 is 10.5 Å². The molecule has 2 aromatic rings. The van der Waals surface area contributed by atoms with Gasteiger partial charge < -0.3 is 10.5 Å². The molecule has 8 nitrogen and oxygen atoms in total. The molecule has 1 aromatic carbocycles. The molecule has 0 saturated carbocycles. The molecule has 0 amide bonds. The summed E-state index contributed by atoms with van der Waals surface area (Å²) in [5.41, 5.74) is 6.36. The van der Waals surface area contributed by atoms with Gasteiger partial charge in [0.1, 0.15) is 23.1 Å². The van der Waals surface area contributed by atoms with Crippen molar-refractivity contribution in [2.45, 2.75) is 19.0 Å². The summed E-state index contributed by atoms with van der Waals surface area (Å²) in [5.74, 6) is 0.278. The van der Waals surface area contributed by atoms with Gasteiger partial charge in [0.05, 0.1) is 12.4 Å². The van der Waals surface area contributed by atoms with Gasteiger partial charge in [0.15, 0.2) is 5.78 Å². The van der Waals surface area contributed by atoms with Crippen LogP contribution in [0.25, 0.3) is 5.69 Å². The third-order valence-corrected chi connectivity index (χ3v) is 3.87. The second-order valence-electron chi connectivity index (χ2n) is 4.66. The van der Waals surface area contributed by atoms with Crippen molar-refractivity contribution in [3.05, 3.63) is 35.5 Å². The Hall–Kier alpha value is -2.86. The summed E-state index contributed by atoms with van der Waals surface area (Å²) in [6.07, 6.45) is 0. The lowest BCUT2D eigenvalue weighted by atomic mass is 10.2. The first kappa shape index (κ1) is 17.5. The maximum atomic E-state index is 12.0. The topological polar surface area (TPSA) is 120 Å². The predicted octanol–water partition coefficient (Wildman–Crippen LogP) is 1.48. The van der Waals surface area contributed by atoms with E-state index >= 15 is 0 Å². The Kier molecular flexibility index (Phi) is 5.92. The van der Waals surface area contributed by atoms with Crippen molar-refractivity contribution in [2.24, 2.45) is 5.73 Å². The Morgan fingerprint density at radius 2 is 2.21 bits per heavy atom. The minimum atomic E-state index is -0.366. The number of ketones is 1. The van der Waals surface area contributed by atoms with Crippen LogP contribution in [0, 0.1) is 11.3 Å². The van der Waals surface area contributed by atoms with Crippen LogP contribution in [0.1, 0.15) is 13.8 Å². The third kappa shape index (κ3) is 3.91. The van der Waals surface area contributed by atoms with Crippen LogP contribution in [-0.4, -0.2) is 38.4 Å². The van der Waals surface area contributed by atoms with Gasteiger partial charge in [-0.05, 0) is 36.4 Å². The Labute approximate surface area is 143 Å². The number of carbonyl (C=O) groups is 1. The van der Waals surface area contributed by atoms with Crippen molar-refractivity contribution >= 4 is 17.5 Å². The van der Waals surface area contributed by atoms with E-state index in [4.69, 9.17) is 15.7 Å². The number of thioether (sulfide) groups is 1. The van der Waals surface area contributed by atoms with E-state index < -0.39 is 0 Å². The second-order valence-corrected chi connectivity index (χ2v) is 5.60. The molecule has 1 aromatic heterocycles. The average Bonchev–Trinajstić information content (AvgIpc) is 3.02. The van der Waals surface area contributed by atoms with Gasteiger partial charge in [0.2, 0.25) is 5.16 Å².